The van der Waals surface area contributed by atoms with Crippen LogP contribution in [0.3, 0.4) is 0 Å². The number of halogens is 4. The summed E-state index contributed by atoms with van der Waals surface area (Å²) in [6.45, 7) is 2.61. The molecule has 24 heavy (non-hydrogen) atoms. The van der Waals surface area contributed by atoms with Crippen molar-refractivity contribution in [1.82, 2.24) is 4.98 Å². The fourth-order valence-corrected chi connectivity index (χ4v) is 2.34. The number of hydrogen-bond acceptors (Lipinski definition) is 4. The molecule has 0 fully saturated rings. The minimum atomic E-state index is -4.39. The first-order valence-corrected chi connectivity index (χ1v) is 7.54. The third-order valence-corrected chi connectivity index (χ3v) is 3.46. The largest absolute Gasteiger partial charge is 0.508 e. The number of aromatic hydroxyl groups is 1. The summed E-state index contributed by atoms with van der Waals surface area (Å²) in [5.74, 6) is 0.934. The van der Waals surface area contributed by atoms with Gasteiger partial charge in [0.1, 0.15) is 17.3 Å². The zero-order chi connectivity index (χ0) is 17.7. The van der Waals surface area contributed by atoms with Crippen LogP contribution in [0.2, 0.25) is 5.02 Å². The van der Waals surface area contributed by atoms with Gasteiger partial charge in [-0.1, -0.05) is 11.6 Å². The molecule has 0 amide bonds. The number of nitrogens with zero attached hydrogens (tertiary/aromatic N) is 1. The van der Waals surface area contributed by atoms with Gasteiger partial charge in [0.2, 0.25) is 0 Å². The number of pyridine rings is 1. The average Bonchev–Trinajstić information content (AvgIpc) is 2.48. The zero-order valence-corrected chi connectivity index (χ0v) is 13.6. The summed E-state index contributed by atoms with van der Waals surface area (Å²) in [5.41, 5.74) is -0.0637. The maximum Gasteiger partial charge on any atom is 0.417 e. The fraction of sp³-hybridized carbons (Fsp3) is 0.312. The number of nitrogens with one attached hydrogen (secondary N) is 1. The van der Waals surface area contributed by atoms with E-state index < -0.39 is 11.7 Å². The molecule has 2 N–H and O–H groups in total. The molecule has 2 rings (SSSR count). The highest BCUT2D eigenvalue weighted by Crippen LogP contribution is 2.32. The van der Waals surface area contributed by atoms with Gasteiger partial charge in [0.15, 0.2) is 0 Å². The van der Waals surface area contributed by atoms with Crippen LogP contribution in [0.25, 0.3) is 0 Å². The highest BCUT2D eigenvalue weighted by Gasteiger charge is 2.30. The Balaban J connectivity index is 1.78. The molecule has 0 unspecified atom stereocenters. The van der Waals surface area contributed by atoms with Gasteiger partial charge in [-0.05, 0) is 37.1 Å². The lowest BCUT2D eigenvalue weighted by Crippen LogP contribution is -2.10. The molecular weight excluding hydrogens is 345 g/mol. The van der Waals surface area contributed by atoms with E-state index in [2.05, 4.69) is 10.3 Å². The Labute approximate surface area is 142 Å². The molecule has 0 radical (unpaired) electrons. The fourth-order valence-electron chi connectivity index (χ4n) is 2.02. The second-order valence-corrected chi connectivity index (χ2v) is 5.54. The van der Waals surface area contributed by atoms with E-state index in [4.69, 9.17) is 16.3 Å². The topological polar surface area (TPSA) is 54.4 Å². The minimum Gasteiger partial charge on any atom is -0.508 e. The molecule has 0 saturated heterocycles. The Hall–Kier alpha value is -2.15. The number of aryl methyl sites for hydroxylation is 1. The van der Waals surface area contributed by atoms with Crippen LogP contribution in [-0.2, 0) is 6.18 Å². The Bertz CT molecular complexity index is 668. The van der Waals surface area contributed by atoms with Gasteiger partial charge in [0.05, 0.1) is 17.2 Å². The SMILES string of the molecule is Cc1cc(O)cc(Cl)c1OCCCNc1ccc(C(F)(F)F)cn1. The van der Waals surface area contributed by atoms with Crippen molar-refractivity contribution in [1.29, 1.82) is 0 Å². The highest BCUT2D eigenvalue weighted by molar-refractivity contribution is 6.32. The number of rotatable bonds is 6. The summed E-state index contributed by atoms with van der Waals surface area (Å²) < 4.78 is 42.8. The van der Waals surface area contributed by atoms with Crippen LogP contribution in [0.15, 0.2) is 30.5 Å². The van der Waals surface area contributed by atoms with Gasteiger partial charge >= 0.3 is 6.18 Å². The van der Waals surface area contributed by atoms with Crippen LogP contribution in [0, 0.1) is 6.92 Å². The lowest BCUT2D eigenvalue weighted by atomic mass is 10.2. The third kappa shape index (κ3) is 4.92. The van der Waals surface area contributed by atoms with Crippen LogP contribution in [0.5, 0.6) is 11.5 Å². The number of anilines is 1. The summed E-state index contributed by atoms with van der Waals surface area (Å²) in [5, 5.41) is 12.6. The van der Waals surface area contributed by atoms with Crippen LogP contribution >= 0.6 is 11.6 Å². The van der Waals surface area contributed by atoms with Crippen LogP contribution in [0.4, 0.5) is 19.0 Å². The van der Waals surface area contributed by atoms with E-state index in [0.717, 1.165) is 17.8 Å². The number of phenolic OH excluding ortho intramolecular Hbond substituents is 1. The molecule has 0 aliphatic rings. The van der Waals surface area contributed by atoms with Gasteiger partial charge in [0, 0.05) is 18.8 Å². The normalized spacial score (nSPS) is 11.4. The lowest BCUT2D eigenvalue weighted by Gasteiger charge is -2.12. The smallest absolute Gasteiger partial charge is 0.417 e. The first kappa shape index (κ1) is 18.2. The van der Waals surface area contributed by atoms with Gasteiger partial charge in [0.25, 0.3) is 0 Å². The van der Waals surface area contributed by atoms with Crippen molar-refractivity contribution in [2.75, 3.05) is 18.5 Å². The molecule has 0 bridgehead atoms. The van der Waals surface area contributed by atoms with Crippen molar-refractivity contribution in [2.24, 2.45) is 0 Å². The highest BCUT2D eigenvalue weighted by atomic mass is 35.5. The summed E-state index contributed by atoms with van der Waals surface area (Å²) in [4.78, 5) is 3.72. The first-order valence-electron chi connectivity index (χ1n) is 7.16. The van der Waals surface area contributed by atoms with E-state index in [9.17, 15) is 18.3 Å². The van der Waals surface area contributed by atoms with E-state index in [0.29, 0.717) is 36.2 Å². The van der Waals surface area contributed by atoms with Gasteiger partial charge in [-0.3, -0.25) is 0 Å². The number of ether oxygens (including phenoxy) is 1. The predicted molar refractivity (Wildman–Crippen MR) is 85.7 cm³/mol. The number of phenols is 1. The first-order chi connectivity index (χ1) is 11.3. The molecule has 1 heterocycles. The second kappa shape index (κ2) is 7.61. The van der Waals surface area contributed by atoms with E-state index >= 15 is 0 Å². The van der Waals surface area contributed by atoms with Gasteiger partial charge in [-0.25, -0.2) is 4.98 Å². The van der Waals surface area contributed by atoms with E-state index in [-0.39, 0.29) is 5.75 Å². The summed E-state index contributed by atoms with van der Waals surface area (Å²) in [6.07, 6.45) is -3.00. The zero-order valence-electron chi connectivity index (χ0n) is 12.8. The predicted octanol–water partition coefficient (Wildman–Crippen LogP) is 4.65. The Morgan fingerprint density at radius 3 is 2.62 bits per heavy atom. The van der Waals surface area contributed by atoms with Crippen molar-refractivity contribution in [3.05, 3.63) is 46.6 Å². The Kier molecular flexibility index (Phi) is 5.77. The van der Waals surface area contributed by atoms with Crippen LogP contribution < -0.4 is 10.1 Å². The molecule has 1 aromatic heterocycles. The van der Waals surface area contributed by atoms with Crippen LogP contribution in [0.1, 0.15) is 17.5 Å². The lowest BCUT2D eigenvalue weighted by molar-refractivity contribution is -0.137. The van der Waals surface area contributed by atoms with Gasteiger partial charge in [-0.15, -0.1) is 0 Å². The molecule has 130 valence electrons. The molecule has 2 aromatic rings. The maximum atomic E-state index is 12.4. The van der Waals surface area contributed by atoms with Crippen molar-refractivity contribution < 1.29 is 23.0 Å². The van der Waals surface area contributed by atoms with Crippen molar-refractivity contribution in [2.45, 2.75) is 19.5 Å². The number of alkyl halides is 3. The minimum absolute atomic E-state index is 0.0693. The average molecular weight is 361 g/mol. The van der Waals surface area contributed by atoms with Crippen molar-refractivity contribution in [3.8, 4) is 11.5 Å². The molecule has 8 heteroatoms. The Morgan fingerprint density at radius 2 is 2.04 bits per heavy atom. The van der Waals surface area contributed by atoms with Crippen molar-refractivity contribution in [3.63, 3.8) is 0 Å². The van der Waals surface area contributed by atoms with E-state index in [1.165, 1.54) is 12.1 Å². The molecule has 0 atom stereocenters. The monoisotopic (exact) mass is 360 g/mol. The quantitative estimate of drug-likeness (QED) is 0.736. The number of hydrogen-bond donors (Lipinski definition) is 2. The second-order valence-electron chi connectivity index (χ2n) is 5.13. The van der Waals surface area contributed by atoms with E-state index in [1.54, 1.807) is 13.0 Å². The summed E-state index contributed by atoms with van der Waals surface area (Å²) in [7, 11) is 0. The summed E-state index contributed by atoms with van der Waals surface area (Å²) >= 11 is 5.99. The molecule has 4 nitrogen and oxygen atoms in total. The maximum absolute atomic E-state index is 12.4. The van der Waals surface area contributed by atoms with Gasteiger partial charge in [-0.2, -0.15) is 13.2 Å². The van der Waals surface area contributed by atoms with Crippen LogP contribution in [-0.4, -0.2) is 23.2 Å². The molecule has 0 aliphatic carbocycles. The molecular formula is C16H16ClF3N2O2. The number of benzene rings is 1. The standard InChI is InChI=1S/C16H16ClF3N2O2/c1-10-7-12(23)8-13(17)15(10)24-6-2-5-21-14-4-3-11(9-22-14)16(18,19)20/h3-4,7-9,23H,2,5-6H2,1H3,(H,21,22). The Morgan fingerprint density at radius 1 is 1.29 bits per heavy atom. The van der Waals surface area contributed by atoms with Gasteiger partial charge < -0.3 is 15.2 Å². The van der Waals surface area contributed by atoms with Crippen molar-refractivity contribution >= 4 is 17.4 Å². The molecule has 0 spiro atoms. The molecule has 0 saturated carbocycles. The molecule has 1 aromatic carbocycles. The number of aromatic nitrogens is 1. The third-order valence-electron chi connectivity index (χ3n) is 3.18. The van der Waals surface area contributed by atoms with E-state index in [1.807, 2.05) is 0 Å². The molecule has 0 aliphatic heterocycles. The summed E-state index contributed by atoms with van der Waals surface area (Å²) in [6, 6.07) is 5.20.